The Morgan fingerprint density at radius 3 is 1.58 bits per heavy atom. The van der Waals surface area contributed by atoms with Crippen molar-refractivity contribution in [2.75, 3.05) is 0 Å². The topological polar surface area (TPSA) is 0 Å². The first kappa shape index (κ1) is 30.8. The second-order valence-corrected chi connectivity index (χ2v) is 14.7. The molecule has 0 unspecified atom stereocenters. The van der Waals surface area contributed by atoms with Crippen LogP contribution in [0.4, 0.5) is 0 Å². The van der Waals surface area contributed by atoms with Crippen molar-refractivity contribution in [3.63, 3.8) is 0 Å². The van der Waals surface area contributed by atoms with Crippen molar-refractivity contribution in [3.8, 4) is 44.5 Å². The van der Waals surface area contributed by atoms with Crippen LogP contribution in [-0.2, 0) is 0 Å². The Labute approximate surface area is 306 Å². The number of hydrogen-bond acceptors (Lipinski definition) is 0. The Morgan fingerprint density at radius 2 is 0.846 bits per heavy atom. The van der Waals surface area contributed by atoms with E-state index in [-0.39, 0.29) is 0 Å². The Kier molecular flexibility index (Phi) is 7.68. The third kappa shape index (κ3) is 5.38. The van der Waals surface area contributed by atoms with E-state index in [1.807, 2.05) is 0 Å². The molecule has 0 heterocycles. The molecule has 0 bridgehead atoms. The van der Waals surface area contributed by atoms with Crippen molar-refractivity contribution in [2.24, 2.45) is 0 Å². The average molecular weight is 665 g/mol. The standard InChI is InChI=1S/C52H40/c1-2-11-35(12-3-1)44-31-32-49-50(34-44)52(41-28-24-39(25-29-41)46-20-10-16-38-14-6-7-17-45(38)46)48-19-9-8-18-47(48)51(49)40-26-21-37(22-27-40)43-30-23-36-13-4-5-15-42(36)33-43/h4-10,13-35H,1-3,11-12H2. The molecule has 1 aliphatic carbocycles. The highest BCUT2D eigenvalue weighted by Gasteiger charge is 2.21. The van der Waals surface area contributed by atoms with E-state index in [4.69, 9.17) is 0 Å². The molecule has 1 saturated carbocycles. The van der Waals surface area contributed by atoms with Crippen molar-refractivity contribution in [3.05, 3.63) is 181 Å². The van der Waals surface area contributed by atoms with Gasteiger partial charge in [0.25, 0.3) is 0 Å². The minimum atomic E-state index is 0.635. The molecular weight excluding hydrogens is 625 g/mol. The van der Waals surface area contributed by atoms with E-state index >= 15 is 0 Å². The molecule has 0 nitrogen and oxygen atoms in total. The lowest BCUT2D eigenvalue weighted by atomic mass is 9.80. The molecule has 0 aromatic heterocycles. The van der Waals surface area contributed by atoms with Crippen molar-refractivity contribution < 1.29 is 0 Å². The monoisotopic (exact) mass is 664 g/mol. The van der Waals surface area contributed by atoms with Crippen LogP contribution in [0.25, 0.3) is 87.6 Å². The van der Waals surface area contributed by atoms with Gasteiger partial charge < -0.3 is 0 Å². The summed E-state index contributed by atoms with van der Waals surface area (Å²) in [5, 5.41) is 10.4. The van der Waals surface area contributed by atoms with Crippen LogP contribution in [0.5, 0.6) is 0 Å². The average Bonchev–Trinajstić information content (AvgIpc) is 3.23. The predicted octanol–water partition coefficient (Wildman–Crippen LogP) is 15.0. The first-order valence-corrected chi connectivity index (χ1v) is 19.0. The van der Waals surface area contributed by atoms with Crippen LogP contribution < -0.4 is 0 Å². The largest absolute Gasteiger partial charge is 0.0616 e. The summed E-state index contributed by atoms with van der Waals surface area (Å²) in [5.41, 5.74) is 11.7. The van der Waals surface area contributed by atoms with Crippen LogP contribution >= 0.6 is 0 Å². The molecule has 0 saturated heterocycles. The quantitative estimate of drug-likeness (QED) is 0.161. The lowest BCUT2D eigenvalue weighted by molar-refractivity contribution is 0.444. The molecule has 248 valence electrons. The molecule has 52 heavy (non-hydrogen) atoms. The van der Waals surface area contributed by atoms with Crippen LogP contribution in [0.15, 0.2) is 176 Å². The molecule has 0 atom stereocenters. The van der Waals surface area contributed by atoms with Crippen molar-refractivity contribution in [1.29, 1.82) is 0 Å². The summed E-state index contributed by atoms with van der Waals surface area (Å²) in [7, 11) is 0. The predicted molar refractivity (Wildman–Crippen MR) is 224 cm³/mol. The van der Waals surface area contributed by atoms with Crippen molar-refractivity contribution in [1.82, 2.24) is 0 Å². The maximum Gasteiger partial charge on any atom is -0.00263 e. The van der Waals surface area contributed by atoms with Crippen LogP contribution in [-0.4, -0.2) is 0 Å². The van der Waals surface area contributed by atoms with Crippen molar-refractivity contribution in [2.45, 2.75) is 38.0 Å². The molecule has 9 aromatic carbocycles. The Hall–Kier alpha value is -5.98. The van der Waals surface area contributed by atoms with Gasteiger partial charge in [0.15, 0.2) is 0 Å². The van der Waals surface area contributed by atoms with Gasteiger partial charge >= 0.3 is 0 Å². The summed E-state index contributed by atoms with van der Waals surface area (Å²) >= 11 is 0. The SMILES string of the molecule is c1ccc2cc(-c3ccc(-c4c5ccccc5c(-c5ccc(-c6cccc7ccccc67)cc5)c5cc(C6CCCCC6)ccc45)cc3)ccc2c1. The fourth-order valence-corrected chi connectivity index (χ4v) is 9.00. The second-order valence-electron chi connectivity index (χ2n) is 14.7. The van der Waals surface area contributed by atoms with E-state index in [2.05, 4.69) is 176 Å². The van der Waals surface area contributed by atoms with Gasteiger partial charge in [0.2, 0.25) is 0 Å². The zero-order chi connectivity index (χ0) is 34.4. The lowest BCUT2D eigenvalue weighted by Gasteiger charge is -2.24. The molecule has 0 radical (unpaired) electrons. The van der Waals surface area contributed by atoms with E-state index in [9.17, 15) is 0 Å². The molecule has 0 heteroatoms. The lowest BCUT2D eigenvalue weighted by Crippen LogP contribution is -2.04. The first-order chi connectivity index (χ1) is 25.8. The number of fused-ring (bicyclic) bond motifs is 4. The Bertz CT molecular complexity index is 2740. The van der Waals surface area contributed by atoms with E-state index in [1.54, 1.807) is 0 Å². The first-order valence-electron chi connectivity index (χ1n) is 19.0. The maximum atomic E-state index is 2.55. The van der Waals surface area contributed by atoms with Crippen LogP contribution in [0.1, 0.15) is 43.6 Å². The zero-order valence-corrected chi connectivity index (χ0v) is 29.4. The third-order valence-electron chi connectivity index (χ3n) is 11.7. The van der Waals surface area contributed by atoms with E-state index in [0.717, 1.165) is 0 Å². The van der Waals surface area contributed by atoms with Gasteiger partial charge in [0.05, 0.1) is 0 Å². The van der Waals surface area contributed by atoms with Gasteiger partial charge in [-0.2, -0.15) is 0 Å². The van der Waals surface area contributed by atoms with E-state index in [1.165, 1.54) is 125 Å². The minimum absolute atomic E-state index is 0.635. The molecule has 1 aliphatic rings. The van der Waals surface area contributed by atoms with Crippen LogP contribution in [0.3, 0.4) is 0 Å². The fourth-order valence-electron chi connectivity index (χ4n) is 9.00. The Balaban J connectivity index is 1.15. The van der Waals surface area contributed by atoms with Crippen LogP contribution in [0.2, 0.25) is 0 Å². The minimum Gasteiger partial charge on any atom is -0.0616 e. The van der Waals surface area contributed by atoms with Gasteiger partial charge in [-0.25, -0.2) is 0 Å². The highest BCUT2D eigenvalue weighted by molar-refractivity contribution is 6.21. The third-order valence-corrected chi connectivity index (χ3v) is 11.7. The van der Waals surface area contributed by atoms with Gasteiger partial charge in [-0.1, -0.05) is 189 Å². The van der Waals surface area contributed by atoms with Crippen LogP contribution in [0, 0.1) is 0 Å². The molecule has 10 rings (SSSR count). The summed E-state index contributed by atoms with van der Waals surface area (Å²) in [4.78, 5) is 0. The molecular formula is C52H40. The van der Waals surface area contributed by atoms with E-state index < -0.39 is 0 Å². The summed E-state index contributed by atoms with van der Waals surface area (Å²) in [6, 6.07) is 65.8. The molecule has 0 N–H and O–H groups in total. The summed E-state index contributed by atoms with van der Waals surface area (Å²) < 4.78 is 0. The summed E-state index contributed by atoms with van der Waals surface area (Å²) in [5.74, 6) is 0.635. The smallest absolute Gasteiger partial charge is 0.00263 e. The summed E-state index contributed by atoms with van der Waals surface area (Å²) in [6.45, 7) is 0. The number of benzene rings is 9. The maximum absolute atomic E-state index is 2.55. The van der Waals surface area contributed by atoms with E-state index in [0.29, 0.717) is 5.92 Å². The zero-order valence-electron chi connectivity index (χ0n) is 29.4. The normalized spacial score (nSPS) is 13.7. The van der Waals surface area contributed by atoms with Gasteiger partial charge in [0, 0.05) is 0 Å². The molecule has 0 spiro atoms. The highest BCUT2D eigenvalue weighted by Crippen LogP contribution is 2.46. The summed E-state index contributed by atoms with van der Waals surface area (Å²) in [6.07, 6.45) is 6.60. The van der Waals surface area contributed by atoms with Gasteiger partial charge in [-0.15, -0.1) is 0 Å². The Morgan fingerprint density at radius 1 is 0.308 bits per heavy atom. The van der Waals surface area contributed by atoms with Gasteiger partial charge in [-0.05, 0) is 118 Å². The molecule has 9 aromatic rings. The van der Waals surface area contributed by atoms with Crippen molar-refractivity contribution >= 4 is 43.1 Å². The van der Waals surface area contributed by atoms with Gasteiger partial charge in [0.1, 0.15) is 0 Å². The molecule has 0 aliphatic heterocycles. The molecule has 1 fully saturated rings. The number of hydrogen-bond donors (Lipinski definition) is 0. The number of rotatable bonds is 5. The van der Waals surface area contributed by atoms with Gasteiger partial charge in [-0.3, -0.25) is 0 Å². The highest BCUT2D eigenvalue weighted by atomic mass is 14.2. The fraction of sp³-hybridized carbons (Fsp3) is 0.115. The second kappa shape index (κ2) is 13.0. The molecule has 0 amide bonds.